The highest BCUT2D eigenvalue weighted by molar-refractivity contribution is 5.93. The van der Waals surface area contributed by atoms with Gasteiger partial charge in [-0.25, -0.2) is 4.98 Å². The largest absolute Gasteiger partial charge is 0.459 e. The quantitative estimate of drug-likeness (QED) is 0.321. The van der Waals surface area contributed by atoms with Crippen LogP contribution in [0.1, 0.15) is 35.8 Å². The molecule has 2 aromatic heterocycles. The third-order valence-corrected chi connectivity index (χ3v) is 5.16. The summed E-state index contributed by atoms with van der Waals surface area (Å²) in [6.45, 7) is 4.15. The van der Waals surface area contributed by atoms with Crippen LogP contribution in [0.15, 0.2) is 46.1 Å². The molecular weight excluding hydrogens is 394 g/mol. The van der Waals surface area contributed by atoms with E-state index in [4.69, 9.17) is 15.9 Å². The number of fused-ring (bicyclic) bond motifs is 1. The number of carbonyl (C=O) groups is 1. The van der Waals surface area contributed by atoms with Crippen LogP contribution in [0.25, 0.3) is 17.0 Å². The Morgan fingerprint density at radius 1 is 1.39 bits per heavy atom. The minimum atomic E-state index is -0.174. The molecule has 2 heterocycles. The fourth-order valence-electron chi connectivity index (χ4n) is 3.38. The molecule has 31 heavy (non-hydrogen) atoms. The van der Waals surface area contributed by atoms with Crippen molar-refractivity contribution in [3.63, 3.8) is 0 Å². The van der Waals surface area contributed by atoms with E-state index in [-0.39, 0.29) is 17.8 Å². The molecule has 8 heteroatoms. The van der Waals surface area contributed by atoms with Crippen molar-refractivity contribution < 1.29 is 9.21 Å². The summed E-state index contributed by atoms with van der Waals surface area (Å²) in [5, 5.41) is 3.88. The van der Waals surface area contributed by atoms with Crippen LogP contribution in [0.2, 0.25) is 0 Å². The van der Waals surface area contributed by atoms with Crippen LogP contribution in [0.5, 0.6) is 0 Å². The minimum absolute atomic E-state index is 0.00624. The number of hydrogen-bond acceptors (Lipinski definition) is 7. The molecule has 0 saturated heterocycles. The van der Waals surface area contributed by atoms with Gasteiger partial charge < -0.3 is 20.8 Å². The number of likely N-dealkylation sites (N-methyl/N-ethyl adjacent to an activating group) is 1. The van der Waals surface area contributed by atoms with Gasteiger partial charge in [0.15, 0.2) is 11.4 Å². The van der Waals surface area contributed by atoms with E-state index in [0.717, 1.165) is 16.7 Å². The first-order chi connectivity index (χ1) is 14.8. The van der Waals surface area contributed by atoms with Crippen LogP contribution >= 0.6 is 0 Å². The number of nitrogen functional groups attached to an aromatic ring is 1. The van der Waals surface area contributed by atoms with Crippen molar-refractivity contribution in [2.75, 3.05) is 12.8 Å². The van der Waals surface area contributed by atoms with Gasteiger partial charge in [0.25, 0.3) is 0 Å². The Labute approximate surface area is 180 Å². The molecule has 8 nitrogen and oxygen atoms in total. The standard InChI is InChI=1S/C23H27N5O3/c1-14(24)7-9-17-11-16(12-26-23(17)27-30)8-10-21(29)28(3)13-19-15(2)31-22-18(19)5-4-6-20(22)25/h4-6,8,10-12,14H,7,9,13,24-25H2,1-3H3/b10-8+. The van der Waals surface area contributed by atoms with E-state index in [0.29, 0.717) is 41.8 Å². The summed E-state index contributed by atoms with van der Waals surface area (Å²) >= 11 is 0. The lowest BCUT2D eigenvalue weighted by atomic mass is 10.1. The fourth-order valence-corrected chi connectivity index (χ4v) is 3.38. The summed E-state index contributed by atoms with van der Waals surface area (Å²) in [5.74, 6) is 0.714. The summed E-state index contributed by atoms with van der Waals surface area (Å²) in [5.41, 5.74) is 15.4. The number of hydrogen-bond donors (Lipinski definition) is 2. The molecule has 0 aliphatic heterocycles. The SMILES string of the molecule is Cc1oc2c(N)cccc2c1CN(C)C(=O)/C=C/c1cnc(N=O)c(CCC(C)N)c1. The van der Waals surface area contributed by atoms with E-state index < -0.39 is 0 Å². The topological polar surface area (TPSA) is 128 Å². The summed E-state index contributed by atoms with van der Waals surface area (Å²) in [6, 6.07) is 7.41. The predicted octanol–water partition coefficient (Wildman–Crippen LogP) is 4.07. The number of nitroso groups, excluding NO2 is 1. The van der Waals surface area contributed by atoms with Gasteiger partial charge in [0.2, 0.25) is 5.91 Å². The maximum absolute atomic E-state index is 12.7. The second kappa shape index (κ2) is 9.53. The third kappa shape index (κ3) is 5.16. The van der Waals surface area contributed by atoms with Crippen molar-refractivity contribution in [3.05, 3.63) is 63.9 Å². The molecule has 1 atom stereocenters. The lowest BCUT2D eigenvalue weighted by molar-refractivity contribution is -0.125. The molecule has 0 aliphatic rings. The molecule has 3 aromatic rings. The summed E-state index contributed by atoms with van der Waals surface area (Å²) < 4.78 is 5.78. The van der Waals surface area contributed by atoms with Gasteiger partial charge in [-0.3, -0.25) is 4.79 Å². The monoisotopic (exact) mass is 421 g/mol. The minimum Gasteiger partial charge on any atom is -0.459 e. The number of benzene rings is 1. The zero-order valence-electron chi connectivity index (χ0n) is 18.0. The van der Waals surface area contributed by atoms with Crippen molar-refractivity contribution in [2.45, 2.75) is 39.3 Å². The van der Waals surface area contributed by atoms with Crippen molar-refractivity contribution in [1.82, 2.24) is 9.88 Å². The Morgan fingerprint density at radius 3 is 2.87 bits per heavy atom. The molecule has 0 aliphatic carbocycles. The number of para-hydroxylation sites is 1. The number of furan rings is 1. The second-order valence-electron chi connectivity index (χ2n) is 7.75. The van der Waals surface area contributed by atoms with Crippen molar-refractivity contribution in [3.8, 4) is 0 Å². The lowest BCUT2D eigenvalue weighted by Crippen LogP contribution is -2.24. The van der Waals surface area contributed by atoms with E-state index in [9.17, 15) is 9.70 Å². The Balaban J connectivity index is 1.74. The van der Waals surface area contributed by atoms with Crippen LogP contribution in [0.4, 0.5) is 11.5 Å². The van der Waals surface area contributed by atoms with Gasteiger partial charge in [-0.2, -0.15) is 0 Å². The highest BCUT2D eigenvalue weighted by Gasteiger charge is 2.16. The highest BCUT2D eigenvalue weighted by atomic mass is 16.3. The van der Waals surface area contributed by atoms with E-state index in [2.05, 4.69) is 10.2 Å². The molecule has 0 spiro atoms. The van der Waals surface area contributed by atoms with Crippen molar-refractivity contribution in [2.24, 2.45) is 10.9 Å². The number of pyridine rings is 1. The van der Waals surface area contributed by atoms with E-state index >= 15 is 0 Å². The number of nitrogens with zero attached hydrogens (tertiary/aromatic N) is 3. The van der Waals surface area contributed by atoms with Gasteiger partial charge in [-0.15, -0.1) is 4.91 Å². The number of amides is 1. The maximum Gasteiger partial charge on any atom is 0.246 e. The Bertz CT molecular complexity index is 1130. The second-order valence-corrected chi connectivity index (χ2v) is 7.75. The molecule has 1 unspecified atom stereocenters. The van der Waals surface area contributed by atoms with Crippen molar-refractivity contribution >= 4 is 34.5 Å². The number of carbonyl (C=O) groups excluding carboxylic acids is 1. The van der Waals surface area contributed by atoms with Gasteiger partial charge in [0.1, 0.15) is 5.76 Å². The van der Waals surface area contributed by atoms with Crippen LogP contribution in [0.3, 0.4) is 0 Å². The van der Waals surface area contributed by atoms with Crippen LogP contribution in [-0.4, -0.2) is 28.9 Å². The summed E-state index contributed by atoms with van der Waals surface area (Å²) in [4.78, 5) is 29.3. The summed E-state index contributed by atoms with van der Waals surface area (Å²) in [7, 11) is 1.73. The number of nitrogens with two attached hydrogens (primary N) is 2. The van der Waals surface area contributed by atoms with E-state index in [1.807, 2.05) is 32.0 Å². The van der Waals surface area contributed by atoms with Gasteiger partial charge >= 0.3 is 0 Å². The average molecular weight is 422 g/mol. The Hall–Kier alpha value is -3.52. The summed E-state index contributed by atoms with van der Waals surface area (Å²) in [6.07, 6.45) is 5.98. The fraction of sp³-hybridized carbons (Fsp3) is 0.304. The van der Waals surface area contributed by atoms with E-state index in [1.54, 1.807) is 24.1 Å². The highest BCUT2D eigenvalue weighted by Crippen LogP contribution is 2.30. The zero-order valence-corrected chi connectivity index (χ0v) is 18.0. The van der Waals surface area contributed by atoms with E-state index in [1.165, 1.54) is 12.3 Å². The molecule has 1 aromatic carbocycles. The van der Waals surface area contributed by atoms with Crippen molar-refractivity contribution in [1.29, 1.82) is 0 Å². The molecule has 0 fully saturated rings. The smallest absolute Gasteiger partial charge is 0.246 e. The molecule has 0 saturated carbocycles. The van der Waals surface area contributed by atoms with Gasteiger partial charge in [-0.05, 0) is 55.6 Å². The molecule has 1 amide bonds. The molecule has 162 valence electrons. The normalized spacial score (nSPS) is 12.4. The number of anilines is 1. The maximum atomic E-state index is 12.7. The van der Waals surface area contributed by atoms with Crippen LogP contribution < -0.4 is 11.5 Å². The number of aryl methyl sites for hydroxylation is 2. The molecule has 0 bridgehead atoms. The number of rotatable bonds is 8. The molecular formula is C23H27N5O3. The Morgan fingerprint density at radius 2 is 2.16 bits per heavy atom. The lowest BCUT2D eigenvalue weighted by Gasteiger charge is -2.15. The molecule has 4 N–H and O–H groups in total. The van der Waals surface area contributed by atoms with Gasteiger partial charge in [0.05, 0.1) is 5.69 Å². The predicted molar refractivity (Wildman–Crippen MR) is 123 cm³/mol. The zero-order chi connectivity index (χ0) is 22.5. The molecule has 3 rings (SSSR count). The average Bonchev–Trinajstić information content (AvgIpc) is 3.07. The Kier molecular flexibility index (Phi) is 6.81. The first-order valence-electron chi connectivity index (χ1n) is 10.1. The molecule has 0 radical (unpaired) electrons. The van der Waals surface area contributed by atoms with Gasteiger partial charge in [-0.1, -0.05) is 12.1 Å². The number of aromatic nitrogens is 1. The first-order valence-corrected chi connectivity index (χ1v) is 10.1. The van der Waals surface area contributed by atoms with Crippen LogP contribution in [0, 0.1) is 11.8 Å². The first kappa shape index (κ1) is 22.2. The van der Waals surface area contributed by atoms with Gasteiger partial charge in [0, 0.05) is 48.4 Å². The third-order valence-electron chi connectivity index (χ3n) is 5.16. The van der Waals surface area contributed by atoms with Crippen LogP contribution in [-0.2, 0) is 17.8 Å².